The third kappa shape index (κ3) is 4.80. The minimum absolute atomic E-state index is 0.0200. The van der Waals surface area contributed by atoms with Crippen molar-refractivity contribution in [2.75, 3.05) is 18.4 Å². The van der Waals surface area contributed by atoms with E-state index >= 15 is 0 Å². The van der Waals surface area contributed by atoms with E-state index in [-0.39, 0.29) is 17.9 Å². The molecule has 2 aromatic heterocycles. The Morgan fingerprint density at radius 1 is 1.00 bits per heavy atom. The number of fused-ring (bicyclic) bond motifs is 1. The molecule has 2 aromatic carbocycles. The first-order chi connectivity index (χ1) is 17.0. The van der Waals surface area contributed by atoms with Gasteiger partial charge in [-0.15, -0.1) is 0 Å². The van der Waals surface area contributed by atoms with Crippen molar-refractivity contribution in [3.8, 4) is 0 Å². The quantitative estimate of drug-likeness (QED) is 0.459. The molecule has 1 N–H and O–H groups in total. The molecule has 7 heteroatoms. The van der Waals surface area contributed by atoms with Gasteiger partial charge in [0, 0.05) is 49.9 Å². The van der Waals surface area contributed by atoms with Crippen molar-refractivity contribution >= 4 is 28.7 Å². The van der Waals surface area contributed by atoms with Crippen LogP contribution in [0.25, 0.3) is 11.2 Å². The summed E-state index contributed by atoms with van der Waals surface area (Å²) < 4.78 is 2.30. The van der Waals surface area contributed by atoms with Gasteiger partial charge in [0.25, 0.3) is 5.91 Å². The molecule has 3 heterocycles. The van der Waals surface area contributed by atoms with Gasteiger partial charge in [0.05, 0.1) is 0 Å². The molecular formula is C28H29N5O2. The van der Waals surface area contributed by atoms with Crippen LogP contribution in [0.4, 0.5) is 5.69 Å². The predicted octanol–water partition coefficient (Wildman–Crippen LogP) is 4.77. The normalized spacial score (nSPS) is 14.3. The number of hydrogen-bond acceptors (Lipinski definition) is 4. The highest BCUT2D eigenvalue weighted by Gasteiger charge is 2.28. The van der Waals surface area contributed by atoms with Gasteiger partial charge < -0.3 is 14.8 Å². The number of carbonyl (C=O) groups is 2. The van der Waals surface area contributed by atoms with Crippen molar-refractivity contribution in [2.45, 2.75) is 39.2 Å². The van der Waals surface area contributed by atoms with Gasteiger partial charge in [0.1, 0.15) is 11.3 Å². The molecule has 1 fully saturated rings. The Labute approximate surface area is 204 Å². The number of aryl methyl sites for hydroxylation is 1. The number of nitrogens with one attached hydrogen (secondary N) is 1. The number of imidazole rings is 1. The second-order valence-electron chi connectivity index (χ2n) is 9.13. The fourth-order valence-corrected chi connectivity index (χ4v) is 4.87. The zero-order valence-electron chi connectivity index (χ0n) is 20.1. The maximum absolute atomic E-state index is 13.1. The van der Waals surface area contributed by atoms with Crippen LogP contribution >= 0.6 is 0 Å². The van der Waals surface area contributed by atoms with Crippen LogP contribution in [-0.2, 0) is 11.2 Å². The first-order valence-corrected chi connectivity index (χ1v) is 12.0. The minimum Gasteiger partial charge on any atom is -0.338 e. The van der Waals surface area contributed by atoms with Crippen molar-refractivity contribution < 1.29 is 9.59 Å². The van der Waals surface area contributed by atoms with Crippen LogP contribution in [0.2, 0.25) is 0 Å². The van der Waals surface area contributed by atoms with Crippen LogP contribution in [0.15, 0.2) is 66.9 Å². The number of nitrogens with zero attached hydrogens (tertiary/aromatic N) is 4. The van der Waals surface area contributed by atoms with E-state index in [1.807, 2.05) is 23.2 Å². The molecule has 0 unspecified atom stereocenters. The lowest BCUT2D eigenvalue weighted by Crippen LogP contribution is -2.39. The number of aromatic nitrogens is 3. The number of amides is 2. The number of piperidine rings is 1. The molecule has 1 aliphatic rings. The summed E-state index contributed by atoms with van der Waals surface area (Å²) >= 11 is 0. The summed E-state index contributed by atoms with van der Waals surface area (Å²) in [6.45, 7) is 4.95. The smallest absolute Gasteiger partial charge is 0.253 e. The van der Waals surface area contributed by atoms with Gasteiger partial charge in [-0.3, -0.25) is 9.59 Å². The Hall–Kier alpha value is -4.00. The van der Waals surface area contributed by atoms with Crippen LogP contribution in [0.1, 0.15) is 53.1 Å². The summed E-state index contributed by atoms with van der Waals surface area (Å²) in [5, 5.41) is 2.73. The Kier molecular flexibility index (Phi) is 6.31. The second kappa shape index (κ2) is 9.70. The maximum Gasteiger partial charge on any atom is 0.253 e. The SMILES string of the molecule is CC(=O)Nc1ccc(C(=O)N2CCC(n3c(Cc4ccccc4C)nc4cccnc43)CC2)cc1. The van der Waals surface area contributed by atoms with Crippen LogP contribution in [-0.4, -0.2) is 44.3 Å². The van der Waals surface area contributed by atoms with E-state index < -0.39 is 0 Å². The molecule has 1 saturated heterocycles. The average Bonchev–Trinajstić information content (AvgIpc) is 3.23. The number of anilines is 1. The molecular weight excluding hydrogens is 438 g/mol. The van der Waals surface area contributed by atoms with Crippen LogP contribution < -0.4 is 5.32 Å². The lowest BCUT2D eigenvalue weighted by molar-refractivity contribution is -0.114. The molecule has 0 aliphatic carbocycles. The van der Waals surface area contributed by atoms with Crippen LogP contribution in [0, 0.1) is 6.92 Å². The number of hydrogen-bond donors (Lipinski definition) is 1. The van der Waals surface area contributed by atoms with Gasteiger partial charge in [-0.2, -0.15) is 0 Å². The van der Waals surface area contributed by atoms with E-state index in [0.717, 1.165) is 36.3 Å². The van der Waals surface area contributed by atoms with E-state index in [1.165, 1.54) is 18.1 Å². The number of carbonyl (C=O) groups excluding carboxylic acids is 2. The first kappa shape index (κ1) is 22.8. The fraction of sp³-hybridized carbons (Fsp3) is 0.286. The largest absolute Gasteiger partial charge is 0.338 e. The molecule has 0 atom stereocenters. The second-order valence-corrected chi connectivity index (χ2v) is 9.13. The van der Waals surface area contributed by atoms with E-state index in [2.05, 4.69) is 46.1 Å². The molecule has 0 radical (unpaired) electrons. The predicted molar refractivity (Wildman–Crippen MR) is 136 cm³/mol. The summed E-state index contributed by atoms with van der Waals surface area (Å²) in [5.74, 6) is 0.910. The highest BCUT2D eigenvalue weighted by atomic mass is 16.2. The maximum atomic E-state index is 13.1. The summed E-state index contributed by atoms with van der Waals surface area (Å²) in [6.07, 6.45) is 4.27. The van der Waals surface area contributed by atoms with E-state index in [0.29, 0.717) is 24.3 Å². The first-order valence-electron chi connectivity index (χ1n) is 12.0. The Morgan fingerprint density at radius 3 is 2.46 bits per heavy atom. The summed E-state index contributed by atoms with van der Waals surface area (Å²) in [6, 6.07) is 19.7. The van der Waals surface area contributed by atoms with Crippen molar-refractivity contribution in [2.24, 2.45) is 0 Å². The third-order valence-corrected chi connectivity index (χ3v) is 6.70. The molecule has 0 spiro atoms. The van der Waals surface area contributed by atoms with Gasteiger partial charge in [-0.25, -0.2) is 9.97 Å². The van der Waals surface area contributed by atoms with Crippen LogP contribution in [0.3, 0.4) is 0 Å². The third-order valence-electron chi connectivity index (χ3n) is 6.70. The molecule has 0 saturated carbocycles. The molecule has 2 amide bonds. The van der Waals surface area contributed by atoms with Gasteiger partial charge >= 0.3 is 0 Å². The Balaban J connectivity index is 1.34. The van der Waals surface area contributed by atoms with Crippen molar-refractivity contribution in [3.05, 3.63) is 89.4 Å². The van der Waals surface area contributed by atoms with Crippen LogP contribution in [0.5, 0.6) is 0 Å². The van der Waals surface area contributed by atoms with Gasteiger partial charge in [0.2, 0.25) is 5.91 Å². The zero-order chi connectivity index (χ0) is 24.4. The summed E-state index contributed by atoms with van der Waals surface area (Å²) in [7, 11) is 0. The van der Waals surface area contributed by atoms with E-state index in [1.54, 1.807) is 24.3 Å². The molecule has 7 nitrogen and oxygen atoms in total. The van der Waals surface area contributed by atoms with Crippen molar-refractivity contribution in [1.29, 1.82) is 0 Å². The molecule has 1 aliphatic heterocycles. The molecule has 4 aromatic rings. The molecule has 5 rings (SSSR count). The summed E-state index contributed by atoms with van der Waals surface area (Å²) in [4.78, 5) is 35.8. The van der Waals surface area contributed by atoms with Gasteiger partial charge in [0.15, 0.2) is 5.65 Å². The van der Waals surface area contributed by atoms with Crippen molar-refractivity contribution in [3.63, 3.8) is 0 Å². The minimum atomic E-state index is -0.130. The van der Waals surface area contributed by atoms with Gasteiger partial charge in [-0.05, 0) is 67.3 Å². The topological polar surface area (TPSA) is 80.1 Å². The fourth-order valence-electron chi connectivity index (χ4n) is 4.87. The molecule has 0 bridgehead atoms. The lowest BCUT2D eigenvalue weighted by Gasteiger charge is -2.33. The highest BCUT2D eigenvalue weighted by Crippen LogP contribution is 2.30. The lowest BCUT2D eigenvalue weighted by atomic mass is 10.0. The number of rotatable bonds is 5. The molecule has 178 valence electrons. The Bertz CT molecular complexity index is 1370. The van der Waals surface area contributed by atoms with E-state index in [4.69, 9.17) is 4.98 Å². The van der Waals surface area contributed by atoms with E-state index in [9.17, 15) is 9.59 Å². The number of pyridine rings is 1. The van der Waals surface area contributed by atoms with Crippen molar-refractivity contribution in [1.82, 2.24) is 19.4 Å². The van der Waals surface area contributed by atoms with Gasteiger partial charge in [-0.1, -0.05) is 24.3 Å². The monoisotopic (exact) mass is 467 g/mol. The average molecular weight is 468 g/mol. The standard InChI is InChI=1S/C28H29N5O2/c1-19-6-3-4-7-22(19)18-26-31-25-8-5-15-29-27(25)33(26)24-13-16-32(17-14-24)28(35)21-9-11-23(12-10-21)30-20(2)34/h3-12,15,24H,13-14,16-18H2,1-2H3,(H,30,34). The zero-order valence-corrected chi connectivity index (χ0v) is 20.1. The number of likely N-dealkylation sites (tertiary alicyclic amines) is 1. The summed E-state index contributed by atoms with van der Waals surface area (Å²) in [5.41, 5.74) is 5.66. The Morgan fingerprint density at radius 2 is 1.74 bits per heavy atom. The molecule has 35 heavy (non-hydrogen) atoms. The highest BCUT2D eigenvalue weighted by molar-refractivity contribution is 5.95. The number of benzene rings is 2.